The summed E-state index contributed by atoms with van der Waals surface area (Å²) in [7, 11) is 1.85. The van der Waals surface area contributed by atoms with E-state index in [2.05, 4.69) is 15.0 Å². The maximum atomic E-state index is 11.1. The summed E-state index contributed by atoms with van der Waals surface area (Å²) in [6.45, 7) is 2.35. The molecule has 19 heavy (non-hydrogen) atoms. The number of hydrogen-bond acceptors (Lipinski definition) is 5. The average molecular weight is 277 g/mol. The van der Waals surface area contributed by atoms with Gasteiger partial charge in [-0.05, 0) is 24.6 Å². The van der Waals surface area contributed by atoms with Crippen LogP contribution in [0.25, 0.3) is 0 Å². The number of rotatable bonds is 4. The maximum Gasteiger partial charge on any atom is 0.156 e. The molecule has 2 heterocycles. The Labute approximate surface area is 116 Å². The molecule has 0 aliphatic carbocycles. The van der Waals surface area contributed by atoms with Crippen LogP contribution in [0.1, 0.15) is 21.7 Å². The molecule has 0 aliphatic rings. The molecule has 2 aromatic rings. The van der Waals surface area contributed by atoms with Crippen molar-refractivity contribution in [1.82, 2.24) is 15.0 Å². The van der Waals surface area contributed by atoms with E-state index >= 15 is 0 Å². The van der Waals surface area contributed by atoms with E-state index in [1.165, 1.54) is 0 Å². The third-order valence-corrected chi connectivity index (χ3v) is 2.93. The third-order valence-electron chi connectivity index (χ3n) is 2.64. The summed E-state index contributed by atoms with van der Waals surface area (Å²) < 4.78 is 0. The highest BCUT2D eigenvalue weighted by atomic mass is 35.5. The zero-order chi connectivity index (χ0) is 13.8. The second kappa shape index (κ2) is 5.75. The molecular weight excluding hydrogens is 264 g/mol. The van der Waals surface area contributed by atoms with E-state index in [0.717, 1.165) is 5.56 Å². The highest BCUT2D eigenvalue weighted by molar-refractivity contribution is 6.32. The van der Waals surface area contributed by atoms with Gasteiger partial charge in [0, 0.05) is 26.0 Å². The van der Waals surface area contributed by atoms with Crippen LogP contribution in [0.4, 0.5) is 5.82 Å². The van der Waals surface area contributed by atoms with Gasteiger partial charge in [-0.25, -0.2) is 9.97 Å². The van der Waals surface area contributed by atoms with Crippen LogP contribution >= 0.6 is 11.6 Å². The molecule has 0 spiro atoms. The maximum absolute atomic E-state index is 11.1. The molecule has 0 aliphatic heterocycles. The number of carbonyl (C=O) groups excluding carboxylic acids is 1. The normalized spacial score (nSPS) is 10.3. The molecule has 0 amide bonds. The highest BCUT2D eigenvalue weighted by Gasteiger charge is 2.14. The van der Waals surface area contributed by atoms with Crippen molar-refractivity contribution in [3.63, 3.8) is 0 Å². The van der Waals surface area contributed by atoms with Gasteiger partial charge < -0.3 is 4.90 Å². The number of pyridine rings is 1. The smallest absolute Gasteiger partial charge is 0.156 e. The van der Waals surface area contributed by atoms with Gasteiger partial charge in [-0.3, -0.25) is 9.78 Å². The first kappa shape index (κ1) is 13.4. The monoisotopic (exact) mass is 276 g/mol. The minimum absolute atomic E-state index is 0.180. The van der Waals surface area contributed by atoms with Gasteiger partial charge in [0.2, 0.25) is 0 Å². The van der Waals surface area contributed by atoms with E-state index < -0.39 is 0 Å². The largest absolute Gasteiger partial charge is 0.355 e. The highest BCUT2D eigenvalue weighted by Crippen LogP contribution is 2.22. The van der Waals surface area contributed by atoms with Gasteiger partial charge in [-0.15, -0.1) is 0 Å². The van der Waals surface area contributed by atoms with Crippen LogP contribution in [0.15, 0.2) is 24.5 Å². The second-order valence-electron chi connectivity index (χ2n) is 4.13. The first-order valence-electron chi connectivity index (χ1n) is 5.71. The Balaban J connectivity index is 2.33. The van der Waals surface area contributed by atoms with Crippen LogP contribution in [-0.2, 0) is 6.54 Å². The summed E-state index contributed by atoms with van der Waals surface area (Å²) in [5.74, 6) is 1.07. The van der Waals surface area contributed by atoms with E-state index in [1.807, 2.05) is 24.1 Å². The minimum atomic E-state index is 0.180. The summed E-state index contributed by atoms with van der Waals surface area (Å²) >= 11 is 5.96. The molecule has 98 valence electrons. The number of hydrogen-bond donors (Lipinski definition) is 0. The lowest BCUT2D eigenvalue weighted by Crippen LogP contribution is -2.20. The Morgan fingerprint density at radius 1 is 1.32 bits per heavy atom. The molecule has 2 rings (SSSR count). The first-order valence-corrected chi connectivity index (χ1v) is 6.09. The standard InChI is InChI=1S/C13H13ClN4O/c1-9-16-12(14)11(8-19)13(17-9)18(2)7-10-3-5-15-6-4-10/h3-6,8H,7H2,1-2H3. The number of aldehydes is 1. The van der Waals surface area contributed by atoms with E-state index in [4.69, 9.17) is 11.6 Å². The van der Waals surface area contributed by atoms with Crippen molar-refractivity contribution in [1.29, 1.82) is 0 Å². The Kier molecular flexibility index (Phi) is 4.06. The zero-order valence-electron chi connectivity index (χ0n) is 10.7. The van der Waals surface area contributed by atoms with Gasteiger partial charge in [0.25, 0.3) is 0 Å². The van der Waals surface area contributed by atoms with Gasteiger partial charge in [0.15, 0.2) is 6.29 Å². The predicted molar refractivity (Wildman–Crippen MR) is 73.5 cm³/mol. The van der Waals surface area contributed by atoms with Crippen LogP contribution in [-0.4, -0.2) is 28.3 Å². The second-order valence-corrected chi connectivity index (χ2v) is 4.49. The topological polar surface area (TPSA) is 59.0 Å². The van der Waals surface area contributed by atoms with Gasteiger partial charge >= 0.3 is 0 Å². The first-order chi connectivity index (χ1) is 9.11. The quantitative estimate of drug-likeness (QED) is 0.633. The van der Waals surface area contributed by atoms with Gasteiger partial charge in [-0.1, -0.05) is 11.6 Å². The number of anilines is 1. The molecule has 0 saturated carbocycles. The molecule has 2 aromatic heterocycles. The lowest BCUT2D eigenvalue weighted by molar-refractivity contribution is 0.112. The van der Waals surface area contributed by atoms with Crippen molar-refractivity contribution < 1.29 is 4.79 Å². The summed E-state index contributed by atoms with van der Waals surface area (Å²) in [5, 5.41) is 0.180. The van der Waals surface area contributed by atoms with Crippen molar-refractivity contribution in [3.8, 4) is 0 Å². The van der Waals surface area contributed by atoms with Crippen LogP contribution < -0.4 is 4.90 Å². The fourth-order valence-electron chi connectivity index (χ4n) is 1.76. The number of aryl methyl sites for hydroxylation is 1. The van der Waals surface area contributed by atoms with Gasteiger partial charge in [0.1, 0.15) is 16.8 Å². The van der Waals surface area contributed by atoms with Gasteiger partial charge in [-0.2, -0.15) is 0 Å². The Morgan fingerprint density at radius 2 is 2.00 bits per heavy atom. The molecule has 6 heteroatoms. The van der Waals surface area contributed by atoms with Crippen LogP contribution in [0.3, 0.4) is 0 Å². The SMILES string of the molecule is Cc1nc(Cl)c(C=O)c(N(C)Cc2ccncc2)n1. The van der Waals surface area contributed by atoms with Crippen LogP contribution in [0.2, 0.25) is 5.15 Å². The third kappa shape index (κ3) is 3.06. The summed E-state index contributed by atoms with van der Waals surface area (Å²) in [4.78, 5) is 25.2. The van der Waals surface area contributed by atoms with Gasteiger partial charge in [0.05, 0.1) is 5.56 Å². The van der Waals surface area contributed by atoms with Crippen molar-refractivity contribution in [2.75, 3.05) is 11.9 Å². The Bertz CT molecular complexity index is 589. The van der Waals surface area contributed by atoms with Crippen LogP contribution in [0.5, 0.6) is 0 Å². The molecule has 0 N–H and O–H groups in total. The summed E-state index contributed by atoms with van der Waals surface area (Å²) in [5.41, 5.74) is 1.38. The number of halogens is 1. The predicted octanol–water partition coefficient (Wildman–Crippen LogP) is 2.28. The zero-order valence-corrected chi connectivity index (χ0v) is 11.4. The molecule has 0 atom stereocenters. The Hall–Kier alpha value is -2.01. The number of carbonyl (C=O) groups is 1. The van der Waals surface area contributed by atoms with Crippen molar-refractivity contribution in [2.45, 2.75) is 13.5 Å². The van der Waals surface area contributed by atoms with Crippen molar-refractivity contribution in [3.05, 3.63) is 46.6 Å². The molecule has 0 aromatic carbocycles. The number of nitrogens with zero attached hydrogens (tertiary/aromatic N) is 4. The van der Waals surface area contributed by atoms with E-state index in [9.17, 15) is 4.79 Å². The molecule has 5 nitrogen and oxygen atoms in total. The van der Waals surface area contributed by atoms with E-state index in [1.54, 1.807) is 19.3 Å². The summed E-state index contributed by atoms with van der Waals surface area (Å²) in [6.07, 6.45) is 4.13. The molecular formula is C13H13ClN4O. The fourth-order valence-corrected chi connectivity index (χ4v) is 2.01. The lowest BCUT2D eigenvalue weighted by Gasteiger charge is -2.20. The van der Waals surface area contributed by atoms with E-state index in [-0.39, 0.29) is 5.15 Å². The fraction of sp³-hybridized carbons (Fsp3) is 0.231. The van der Waals surface area contributed by atoms with Crippen molar-refractivity contribution >= 4 is 23.7 Å². The average Bonchev–Trinajstić information content (AvgIpc) is 2.39. The molecule has 0 radical (unpaired) electrons. The minimum Gasteiger partial charge on any atom is -0.355 e. The molecule has 0 fully saturated rings. The lowest BCUT2D eigenvalue weighted by atomic mass is 10.2. The van der Waals surface area contributed by atoms with Crippen LogP contribution in [0, 0.1) is 6.92 Å². The Morgan fingerprint density at radius 3 is 2.63 bits per heavy atom. The number of aromatic nitrogens is 3. The molecule has 0 unspecified atom stereocenters. The molecule has 0 saturated heterocycles. The summed E-state index contributed by atoms with van der Waals surface area (Å²) in [6, 6.07) is 3.82. The van der Waals surface area contributed by atoms with E-state index in [0.29, 0.717) is 30.0 Å². The van der Waals surface area contributed by atoms with Crippen molar-refractivity contribution in [2.24, 2.45) is 0 Å². The molecule has 0 bridgehead atoms.